The number of benzene rings is 1. The van der Waals surface area contributed by atoms with Crippen LogP contribution in [0.3, 0.4) is 0 Å². The van der Waals surface area contributed by atoms with Gasteiger partial charge in [-0.3, -0.25) is 9.55 Å². The van der Waals surface area contributed by atoms with Crippen LogP contribution in [0.1, 0.15) is 16.8 Å². The summed E-state index contributed by atoms with van der Waals surface area (Å²) in [4.78, 5) is 8.79. The van der Waals surface area contributed by atoms with Gasteiger partial charge in [0, 0.05) is 12.7 Å². The molecule has 2 N–H and O–H groups in total. The van der Waals surface area contributed by atoms with Crippen molar-refractivity contribution in [3.63, 3.8) is 0 Å². The van der Waals surface area contributed by atoms with Gasteiger partial charge in [-0.2, -0.15) is 0 Å². The van der Waals surface area contributed by atoms with Crippen LogP contribution in [0, 0.1) is 13.8 Å². The summed E-state index contributed by atoms with van der Waals surface area (Å²) in [6.07, 6.45) is 3.60. The van der Waals surface area contributed by atoms with E-state index < -0.39 is 0 Å². The van der Waals surface area contributed by atoms with Gasteiger partial charge in [-0.1, -0.05) is 0 Å². The van der Waals surface area contributed by atoms with Crippen molar-refractivity contribution < 1.29 is 0 Å². The first kappa shape index (κ1) is 11.9. The van der Waals surface area contributed by atoms with Crippen molar-refractivity contribution >= 4 is 11.0 Å². The third-order valence-corrected chi connectivity index (χ3v) is 3.48. The molecule has 0 atom stereocenters. The highest BCUT2D eigenvalue weighted by Crippen LogP contribution is 2.22. The van der Waals surface area contributed by atoms with Gasteiger partial charge in [-0.15, -0.1) is 0 Å². The minimum Gasteiger partial charge on any atom is -0.325 e. The van der Waals surface area contributed by atoms with E-state index in [4.69, 9.17) is 5.73 Å². The van der Waals surface area contributed by atoms with Crippen LogP contribution in [-0.4, -0.2) is 14.5 Å². The van der Waals surface area contributed by atoms with Gasteiger partial charge in [-0.25, -0.2) is 4.98 Å². The Hall–Kier alpha value is -2.20. The zero-order valence-corrected chi connectivity index (χ0v) is 11.1. The number of hydrogen-bond donors (Lipinski definition) is 1. The summed E-state index contributed by atoms with van der Waals surface area (Å²) in [5, 5.41) is 0. The Balaban J connectivity index is 2.28. The van der Waals surface area contributed by atoms with E-state index in [1.54, 1.807) is 6.20 Å². The van der Waals surface area contributed by atoms with E-state index >= 15 is 0 Å². The summed E-state index contributed by atoms with van der Waals surface area (Å²) in [5.74, 6) is 0. The highest BCUT2D eigenvalue weighted by Gasteiger charge is 2.09. The Morgan fingerprint density at radius 3 is 2.74 bits per heavy atom. The van der Waals surface area contributed by atoms with Gasteiger partial charge < -0.3 is 5.73 Å². The molecule has 0 aliphatic heterocycles. The molecule has 0 saturated heterocycles. The van der Waals surface area contributed by atoms with Crippen molar-refractivity contribution in [1.82, 2.24) is 14.5 Å². The molecule has 1 aromatic carbocycles. The molecule has 0 spiro atoms. The SMILES string of the molecule is Cc1cc2ncn(-c3cccnc3CN)c2cc1C. The summed E-state index contributed by atoms with van der Waals surface area (Å²) < 4.78 is 2.05. The molecule has 0 fully saturated rings. The first-order chi connectivity index (χ1) is 9.20. The largest absolute Gasteiger partial charge is 0.325 e. The monoisotopic (exact) mass is 252 g/mol. The lowest BCUT2D eigenvalue weighted by Gasteiger charge is -2.09. The van der Waals surface area contributed by atoms with E-state index in [-0.39, 0.29) is 0 Å². The Labute approximate surface area is 111 Å². The molecule has 3 aromatic rings. The number of aromatic nitrogens is 3. The lowest BCUT2D eigenvalue weighted by Crippen LogP contribution is -2.06. The Morgan fingerprint density at radius 1 is 1.16 bits per heavy atom. The van der Waals surface area contributed by atoms with E-state index in [0.29, 0.717) is 6.54 Å². The molecular formula is C15H16N4. The van der Waals surface area contributed by atoms with Crippen LogP contribution < -0.4 is 5.73 Å². The smallest absolute Gasteiger partial charge is 0.100 e. The van der Waals surface area contributed by atoms with E-state index in [2.05, 4.69) is 40.5 Å². The molecule has 2 heterocycles. The predicted octanol–water partition coefficient (Wildman–Crippen LogP) is 2.50. The summed E-state index contributed by atoms with van der Waals surface area (Å²) in [7, 11) is 0. The second kappa shape index (κ2) is 4.48. The molecule has 0 aliphatic rings. The highest BCUT2D eigenvalue weighted by atomic mass is 15.1. The van der Waals surface area contributed by atoms with E-state index in [1.165, 1.54) is 11.1 Å². The predicted molar refractivity (Wildman–Crippen MR) is 76.2 cm³/mol. The standard InChI is InChI=1S/C15H16N4/c1-10-6-12-15(7-11(10)2)19(9-18-12)14-4-3-5-17-13(14)8-16/h3-7,9H,8,16H2,1-2H3. The van der Waals surface area contributed by atoms with E-state index in [0.717, 1.165) is 22.4 Å². The molecule has 0 bridgehead atoms. The second-order valence-corrected chi connectivity index (χ2v) is 4.71. The maximum atomic E-state index is 5.76. The van der Waals surface area contributed by atoms with Gasteiger partial charge in [0.2, 0.25) is 0 Å². The Bertz CT molecular complexity index is 743. The van der Waals surface area contributed by atoms with Gasteiger partial charge in [-0.05, 0) is 49.2 Å². The topological polar surface area (TPSA) is 56.7 Å². The molecule has 0 aliphatic carbocycles. The van der Waals surface area contributed by atoms with Crippen LogP contribution in [0.15, 0.2) is 36.8 Å². The fourth-order valence-corrected chi connectivity index (χ4v) is 2.26. The number of hydrogen-bond acceptors (Lipinski definition) is 3. The van der Waals surface area contributed by atoms with Crippen LogP contribution in [-0.2, 0) is 6.54 Å². The van der Waals surface area contributed by atoms with Crippen LogP contribution >= 0.6 is 0 Å². The fourth-order valence-electron chi connectivity index (χ4n) is 2.26. The number of rotatable bonds is 2. The Morgan fingerprint density at radius 2 is 1.95 bits per heavy atom. The number of fused-ring (bicyclic) bond motifs is 1. The molecule has 0 saturated carbocycles. The molecule has 0 radical (unpaired) electrons. The van der Waals surface area contributed by atoms with Crippen LogP contribution in [0.2, 0.25) is 0 Å². The molecule has 0 unspecified atom stereocenters. The first-order valence-corrected chi connectivity index (χ1v) is 6.29. The third kappa shape index (κ3) is 1.90. The summed E-state index contributed by atoms with van der Waals surface area (Å²) in [6, 6.07) is 8.21. The average Bonchev–Trinajstić information content (AvgIpc) is 2.82. The lowest BCUT2D eigenvalue weighted by molar-refractivity contribution is 0.940. The average molecular weight is 252 g/mol. The third-order valence-electron chi connectivity index (χ3n) is 3.48. The molecule has 4 nitrogen and oxygen atoms in total. The van der Waals surface area contributed by atoms with Gasteiger partial charge in [0.25, 0.3) is 0 Å². The summed E-state index contributed by atoms with van der Waals surface area (Å²) in [6.45, 7) is 4.63. The lowest BCUT2D eigenvalue weighted by atomic mass is 10.1. The number of nitrogens with zero attached hydrogens (tertiary/aromatic N) is 3. The minimum absolute atomic E-state index is 0.417. The van der Waals surface area contributed by atoms with Crippen molar-refractivity contribution in [2.24, 2.45) is 5.73 Å². The van der Waals surface area contributed by atoms with Gasteiger partial charge in [0.05, 0.1) is 22.4 Å². The highest BCUT2D eigenvalue weighted by molar-refractivity contribution is 5.79. The maximum absolute atomic E-state index is 5.76. The zero-order chi connectivity index (χ0) is 13.4. The Kier molecular flexibility index (Phi) is 2.80. The van der Waals surface area contributed by atoms with Crippen molar-refractivity contribution in [2.45, 2.75) is 20.4 Å². The summed E-state index contributed by atoms with van der Waals surface area (Å²) >= 11 is 0. The number of imidazole rings is 1. The molecule has 96 valence electrons. The fraction of sp³-hybridized carbons (Fsp3) is 0.200. The van der Waals surface area contributed by atoms with E-state index in [1.807, 2.05) is 18.5 Å². The zero-order valence-electron chi connectivity index (χ0n) is 11.1. The summed E-state index contributed by atoms with van der Waals surface area (Å²) in [5.41, 5.74) is 12.2. The number of nitrogens with two attached hydrogens (primary N) is 1. The quantitative estimate of drug-likeness (QED) is 0.762. The molecule has 2 aromatic heterocycles. The molecule has 4 heteroatoms. The van der Waals surface area contributed by atoms with Crippen molar-refractivity contribution in [3.05, 3.63) is 53.6 Å². The van der Waals surface area contributed by atoms with Crippen molar-refractivity contribution in [1.29, 1.82) is 0 Å². The van der Waals surface area contributed by atoms with Gasteiger partial charge in [0.1, 0.15) is 6.33 Å². The van der Waals surface area contributed by atoms with Crippen molar-refractivity contribution in [3.8, 4) is 5.69 Å². The normalized spacial score (nSPS) is 11.1. The minimum atomic E-state index is 0.417. The molecule has 0 amide bonds. The van der Waals surface area contributed by atoms with E-state index in [9.17, 15) is 0 Å². The molecule has 3 rings (SSSR count). The second-order valence-electron chi connectivity index (χ2n) is 4.71. The van der Waals surface area contributed by atoms with Crippen LogP contribution in [0.4, 0.5) is 0 Å². The van der Waals surface area contributed by atoms with Gasteiger partial charge in [0.15, 0.2) is 0 Å². The molecular weight excluding hydrogens is 236 g/mol. The van der Waals surface area contributed by atoms with Crippen LogP contribution in [0.5, 0.6) is 0 Å². The molecule has 19 heavy (non-hydrogen) atoms. The van der Waals surface area contributed by atoms with Crippen molar-refractivity contribution in [2.75, 3.05) is 0 Å². The number of aryl methyl sites for hydroxylation is 2. The maximum Gasteiger partial charge on any atom is 0.100 e. The van der Waals surface area contributed by atoms with Crippen LogP contribution in [0.25, 0.3) is 16.7 Å². The first-order valence-electron chi connectivity index (χ1n) is 6.29. The number of pyridine rings is 1. The van der Waals surface area contributed by atoms with Gasteiger partial charge >= 0.3 is 0 Å².